The number of aromatic nitrogens is 4. The molecule has 0 bridgehead atoms. The molecule has 2 aromatic heterocycles. The van der Waals surface area contributed by atoms with Gasteiger partial charge in [0.1, 0.15) is 6.33 Å². The van der Waals surface area contributed by atoms with Crippen LogP contribution in [0.3, 0.4) is 0 Å². The molecule has 21 heavy (non-hydrogen) atoms. The lowest BCUT2D eigenvalue weighted by Crippen LogP contribution is -1.99. The van der Waals surface area contributed by atoms with E-state index < -0.39 is 0 Å². The molecule has 2 heterocycles. The van der Waals surface area contributed by atoms with Crippen molar-refractivity contribution in [1.29, 1.82) is 0 Å². The third-order valence-corrected chi connectivity index (χ3v) is 8.76. The predicted molar refractivity (Wildman–Crippen MR) is 99.9 cm³/mol. The summed E-state index contributed by atoms with van der Waals surface area (Å²) in [6, 6.07) is 0. The number of fused-ring (bicyclic) bond motifs is 1. The van der Waals surface area contributed by atoms with Crippen LogP contribution in [0.4, 0.5) is 11.5 Å². The van der Waals surface area contributed by atoms with E-state index in [1.54, 1.807) is 6.33 Å². The molecule has 0 aliphatic rings. The summed E-state index contributed by atoms with van der Waals surface area (Å²) in [4.78, 5) is 15.6. The minimum atomic E-state index is 0.615. The van der Waals surface area contributed by atoms with Gasteiger partial charge >= 0.3 is 0 Å². The van der Waals surface area contributed by atoms with E-state index in [1.807, 2.05) is 0 Å². The highest BCUT2D eigenvalue weighted by atomic mass is 79.9. The first kappa shape index (κ1) is 15.9. The molecular formula is C11H4Br5N5. The SMILES string of the molecule is Brc1c(Br)c(Br)c(Nc2ncnc3[nH]cnc23)c(Br)c1Br. The molecule has 108 valence electrons. The molecule has 1 aromatic carbocycles. The predicted octanol–water partition coefficient (Wildman–Crippen LogP) is 5.91. The van der Waals surface area contributed by atoms with Gasteiger partial charge in [0.2, 0.25) is 0 Å². The zero-order valence-corrected chi connectivity index (χ0v) is 17.8. The van der Waals surface area contributed by atoms with Crippen molar-refractivity contribution in [2.75, 3.05) is 5.32 Å². The lowest BCUT2D eigenvalue weighted by Gasteiger charge is -2.15. The number of nitrogens with zero attached hydrogens (tertiary/aromatic N) is 3. The highest BCUT2D eigenvalue weighted by Gasteiger charge is 2.19. The summed E-state index contributed by atoms with van der Waals surface area (Å²) < 4.78 is 4.37. The third-order valence-electron chi connectivity index (χ3n) is 2.67. The third kappa shape index (κ3) is 2.80. The first-order valence-corrected chi connectivity index (χ1v) is 9.39. The lowest BCUT2D eigenvalue weighted by atomic mass is 10.3. The van der Waals surface area contributed by atoms with Gasteiger partial charge in [-0.25, -0.2) is 15.0 Å². The van der Waals surface area contributed by atoms with Crippen molar-refractivity contribution in [3.63, 3.8) is 0 Å². The fourth-order valence-electron chi connectivity index (χ4n) is 1.69. The number of H-pyrrole nitrogens is 1. The number of halogens is 5. The largest absolute Gasteiger partial charge is 0.336 e. The molecule has 3 rings (SSSR count). The minimum Gasteiger partial charge on any atom is -0.336 e. The van der Waals surface area contributed by atoms with E-state index in [0.717, 1.165) is 28.1 Å². The summed E-state index contributed by atoms with van der Waals surface area (Å²) in [6.07, 6.45) is 3.07. The van der Waals surface area contributed by atoms with Crippen molar-refractivity contribution >= 4 is 102 Å². The Balaban J connectivity index is 2.17. The van der Waals surface area contributed by atoms with Crippen LogP contribution in [0, 0.1) is 0 Å². The summed E-state index contributed by atoms with van der Waals surface area (Å²) in [5, 5.41) is 3.27. The van der Waals surface area contributed by atoms with Crippen molar-refractivity contribution in [1.82, 2.24) is 19.9 Å². The van der Waals surface area contributed by atoms with Crippen LogP contribution in [0.5, 0.6) is 0 Å². The lowest BCUT2D eigenvalue weighted by molar-refractivity contribution is 1.19. The molecule has 0 saturated heterocycles. The molecule has 5 nitrogen and oxygen atoms in total. The second kappa shape index (κ2) is 6.23. The molecule has 0 spiro atoms. The smallest absolute Gasteiger partial charge is 0.162 e. The maximum absolute atomic E-state index is 4.25. The molecule has 0 amide bonds. The Bertz CT molecular complexity index is 817. The van der Waals surface area contributed by atoms with Crippen LogP contribution in [-0.4, -0.2) is 19.9 Å². The fraction of sp³-hybridized carbons (Fsp3) is 0. The number of hydrogen-bond donors (Lipinski definition) is 2. The van der Waals surface area contributed by atoms with E-state index in [0.29, 0.717) is 17.0 Å². The van der Waals surface area contributed by atoms with E-state index in [4.69, 9.17) is 0 Å². The average molecular weight is 606 g/mol. The number of aromatic amines is 1. The molecular weight excluding hydrogens is 602 g/mol. The second-order valence-electron chi connectivity index (χ2n) is 3.89. The van der Waals surface area contributed by atoms with Gasteiger partial charge in [0.05, 0.1) is 21.0 Å². The molecule has 0 aliphatic carbocycles. The summed E-state index contributed by atoms with van der Waals surface area (Å²) in [6.45, 7) is 0. The van der Waals surface area contributed by atoms with Crippen LogP contribution in [-0.2, 0) is 0 Å². The second-order valence-corrected chi connectivity index (χ2v) is 7.86. The molecule has 0 fully saturated rings. The summed E-state index contributed by atoms with van der Waals surface area (Å²) in [5.74, 6) is 0.615. The van der Waals surface area contributed by atoms with Crippen molar-refractivity contribution in [2.24, 2.45) is 0 Å². The fourth-order valence-corrected chi connectivity index (χ4v) is 4.93. The van der Waals surface area contributed by atoms with E-state index >= 15 is 0 Å². The summed E-state index contributed by atoms with van der Waals surface area (Å²) in [5.41, 5.74) is 2.17. The van der Waals surface area contributed by atoms with Gasteiger partial charge in [-0.05, 0) is 79.6 Å². The number of hydrogen-bond acceptors (Lipinski definition) is 4. The van der Waals surface area contributed by atoms with E-state index in [2.05, 4.69) is 105 Å². The first-order valence-electron chi connectivity index (χ1n) is 5.43. The van der Waals surface area contributed by atoms with Gasteiger partial charge in [-0.1, -0.05) is 0 Å². The van der Waals surface area contributed by atoms with E-state index in [-0.39, 0.29) is 0 Å². The highest BCUT2D eigenvalue weighted by Crippen LogP contribution is 2.48. The van der Waals surface area contributed by atoms with Gasteiger partial charge in [-0.15, -0.1) is 0 Å². The molecule has 0 unspecified atom stereocenters. The number of imidazole rings is 1. The van der Waals surface area contributed by atoms with Crippen LogP contribution in [0.1, 0.15) is 0 Å². The normalized spacial score (nSPS) is 11.1. The Morgan fingerprint density at radius 2 is 1.43 bits per heavy atom. The molecule has 3 aromatic rings. The maximum atomic E-state index is 4.25. The standard InChI is InChI=1S/C11H4Br5N5/c12-3-4(13)6(15)8(7(16)5(3)14)21-11-9-10(18-1-17-9)19-2-20-11/h1-2H,(H2,17,18,19,20,21). The van der Waals surface area contributed by atoms with Gasteiger partial charge in [0, 0.05) is 13.4 Å². The number of benzene rings is 1. The number of anilines is 2. The molecule has 10 heteroatoms. The quantitative estimate of drug-likeness (QED) is 0.282. The van der Waals surface area contributed by atoms with E-state index in [9.17, 15) is 0 Å². The average Bonchev–Trinajstić information content (AvgIpc) is 2.97. The highest BCUT2D eigenvalue weighted by molar-refractivity contribution is 9.15. The Morgan fingerprint density at radius 3 is 2.10 bits per heavy atom. The van der Waals surface area contributed by atoms with Gasteiger partial charge in [-0.3, -0.25) is 0 Å². The van der Waals surface area contributed by atoms with Gasteiger partial charge < -0.3 is 10.3 Å². The van der Waals surface area contributed by atoms with Crippen LogP contribution >= 0.6 is 79.6 Å². The van der Waals surface area contributed by atoms with Crippen LogP contribution < -0.4 is 5.32 Å². The zero-order chi connectivity index (χ0) is 15.1. The van der Waals surface area contributed by atoms with Crippen LogP contribution in [0.2, 0.25) is 0 Å². The van der Waals surface area contributed by atoms with Crippen LogP contribution in [0.25, 0.3) is 11.2 Å². The van der Waals surface area contributed by atoms with Gasteiger partial charge in [0.15, 0.2) is 17.0 Å². The van der Waals surface area contributed by atoms with Gasteiger partial charge in [0.25, 0.3) is 0 Å². The van der Waals surface area contributed by atoms with Crippen molar-refractivity contribution in [3.05, 3.63) is 35.0 Å². The monoisotopic (exact) mass is 601 g/mol. The topological polar surface area (TPSA) is 66.5 Å². The molecule has 0 radical (unpaired) electrons. The van der Waals surface area contributed by atoms with Crippen molar-refractivity contribution in [2.45, 2.75) is 0 Å². The van der Waals surface area contributed by atoms with Crippen LogP contribution in [0.15, 0.2) is 35.0 Å². The Kier molecular flexibility index (Phi) is 4.70. The molecule has 0 atom stereocenters. The first-order chi connectivity index (χ1) is 10.0. The Hall–Kier alpha value is -0.0300. The molecule has 0 saturated carbocycles. The van der Waals surface area contributed by atoms with Crippen molar-refractivity contribution in [3.8, 4) is 0 Å². The maximum Gasteiger partial charge on any atom is 0.162 e. The van der Waals surface area contributed by atoms with E-state index in [1.165, 1.54) is 6.33 Å². The summed E-state index contributed by atoms with van der Waals surface area (Å²) >= 11 is 17.7. The summed E-state index contributed by atoms with van der Waals surface area (Å²) in [7, 11) is 0. The number of nitrogens with one attached hydrogen (secondary N) is 2. The molecule has 2 N–H and O–H groups in total. The minimum absolute atomic E-state index is 0.615. The van der Waals surface area contributed by atoms with Crippen molar-refractivity contribution < 1.29 is 0 Å². The Labute approximate surface area is 161 Å². The van der Waals surface area contributed by atoms with Gasteiger partial charge in [-0.2, -0.15) is 0 Å². The number of rotatable bonds is 2. The zero-order valence-electron chi connectivity index (χ0n) is 9.89. The molecule has 0 aliphatic heterocycles. The Morgan fingerprint density at radius 1 is 0.810 bits per heavy atom.